The molecular formula is C21H31N5O3. The lowest BCUT2D eigenvalue weighted by Crippen LogP contribution is -2.39. The number of rotatable bonds is 8. The summed E-state index contributed by atoms with van der Waals surface area (Å²) in [4.78, 5) is 31.1. The molecule has 4 rings (SSSR count). The Kier molecular flexibility index (Phi) is 5.61. The van der Waals surface area contributed by atoms with Crippen molar-refractivity contribution in [2.24, 2.45) is 11.8 Å². The number of anilines is 2. The van der Waals surface area contributed by atoms with E-state index in [1.807, 2.05) is 0 Å². The van der Waals surface area contributed by atoms with Crippen LogP contribution in [0.25, 0.3) is 0 Å². The molecule has 0 bridgehead atoms. The third kappa shape index (κ3) is 4.62. The number of amides is 1. The van der Waals surface area contributed by atoms with E-state index in [-0.39, 0.29) is 23.5 Å². The standard InChI is InChI=1S/C21H31N5O3/c1-13-3-7-15(8-4-13)23-21(27)17-11-18(26(28)29)19(22-2)24-20(17)25(16-9-10-16)12-14-5-6-14/h11,13-16H,3-10,12H2,1-2H3,(H,22,24)(H,23,27)/t13-,15-. The summed E-state index contributed by atoms with van der Waals surface area (Å²) in [5.74, 6) is 1.91. The molecule has 0 radical (unpaired) electrons. The summed E-state index contributed by atoms with van der Waals surface area (Å²) in [6.07, 6.45) is 8.70. The second-order valence-electron chi connectivity index (χ2n) is 8.99. The fourth-order valence-corrected chi connectivity index (χ4v) is 4.24. The number of nitrogens with one attached hydrogen (secondary N) is 2. The van der Waals surface area contributed by atoms with E-state index >= 15 is 0 Å². The van der Waals surface area contributed by atoms with E-state index in [2.05, 4.69) is 27.4 Å². The van der Waals surface area contributed by atoms with Crippen LogP contribution in [-0.2, 0) is 0 Å². The number of hydrogen-bond acceptors (Lipinski definition) is 6. The summed E-state index contributed by atoms with van der Waals surface area (Å²) in [7, 11) is 1.63. The maximum absolute atomic E-state index is 13.2. The molecule has 3 fully saturated rings. The molecule has 1 amide bonds. The predicted octanol–water partition coefficient (Wildman–Crippen LogP) is 3.72. The number of carbonyl (C=O) groups excluding carboxylic acids is 1. The van der Waals surface area contributed by atoms with Gasteiger partial charge in [-0.2, -0.15) is 0 Å². The molecule has 0 aliphatic heterocycles. The van der Waals surface area contributed by atoms with Gasteiger partial charge in [0.15, 0.2) is 0 Å². The Bertz CT molecular complexity index is 783. The van der Waals surface area contributed by atoms with Crippen molar-refractivity contribution >= 4 is 23.2 Å². The van der Waals surface area contributed by atoms with Crippen molar-refractivity contribution in [2.75, 3.05) is 23.8 Å². The van der Waals surface area contributed by atoms with Crippen LogP contribution in [0.5, 0.6) is 0 Å². The van der Waals surface area contributed by atoms with Crippen molar-refractivity contribution in [1.82, 2.24) is 10.3 Å². The van der Waals surface area contributed by atoms with Gasteiger partial charge in [0.1, 0.15) is 5.82 Å². The molecule has 0 aromatic carbocycles. The topological polar surface area (TPSA) is 100 Å². The van der Waals surface area contributed by atoms with Gasteiger partial charge in [-0.3, -0.25) is 14.9 Å². The average molecular weight is 402 g/mol. The number of aromatic nitrogens is 1. The smallest absolute Gasteiger partial charge is 0.312 e. The van der Waals surface area contributed by atoms with Crippen molar-refractivity contribution in [3.63, 3.8) is 0 Å². The molecule has 0 saturated heterocycles. The van der Waals surface area contributed by atoms with Gasteiger partial charge in [0.25, 0.3) is 5.91 Å². The van der Waals surface area contributed by atoms with Crippen LogP contribution in [0.15, 0.2) is 6.07 Å². The fourth-order valence-electron chi connectivity index (χ4n) is 4.24. The van der Waals surface area contributed by atoms with E-state index in [0.29, 0.717) is 29.3 Å². The zero-order chi connectivity index (χ0) is 20.5. The van der Waals surface area contributed by atoms with Gasteiger partial charge in [-0.25, -0.2) is 4.98 Å². The highest BCUT2D eigenvalue weighted by molar-refractivity contribution is 6.00. The SMILES string of the molecule is CNc1nc(N(CC2CC2)C2CC2)c(C(=O)N[C@H]2CC[C@H](C)CC2)cc1[N+](=O)[O-]. The second kappa shape index (κ2) is 8.16. The van der Waals surface area contributed by atoms with Crippen LogP contribution in [0.4, 0.5) is 17.3 Å². The molecule has 29 heavy (non-hydrogen) atoms. The Morgan fingerprint density at radius 2 is 1.90 bits per heavy atom. The first kappa shape index (κ1) is 19.9. The van der Waals surface area contributed by atoms with Crippen LogP contribution < -0.4 is 15.5 Å². The number of nitrogens with zero attached hydrogens (tertiary/aromatic N) is 3. The molecule has 0 spiro atoms. The van der Waals surface area contributed by atoms with Gasteiger partial charge in [-0.15, -0.1) is 0 Å². The third-order valence-corrected chi connectivity index (χ3v) is 6.42. The molecule has 3 aliphatic rings. The molecular weight excluding hydrogens is 370 g/mol. The van der Waals surface area contributed by atoms with Gasteiger partial charge >= 0.3 is 5.69 Å². The van der Waals surface area contributed by atoms with E-state index in [4.69, 9.17) is 0 Å². The minimum absolute atomic E-state index is 0.132. The largest absolute Gasteiger partial charge is 0.367 e. The van der Waals surface area contributed by atoms with Gasteiger partial charge in [0, 0.05) is 31.7 Å². The summed E-state index contributed by atoms with van der Waals surface area (Å²) in [5.41, 5.74) is 0.183. The number of pyridine rings is 1. The molecule has 1 heterocycles. The summed E-state index contributed by atoms with van der Waals surface area (Å²) < 4.78 is 0. The summed E-state index contributed by atoms with van der Waals surface area (Å²) in [6, 6.07) is 1.93. The predicted molar refractivity (Wildman–Crippen MR) is 112 cm³/mol. The van der Waals surface area contributed by atoms with Gasteiger partial charge in [-0.05, 0) is 63.2 Å². The first-order chi connectivity index (χ1) is 14.0. The maximum Gasteiger partial charge on any atom is 0.312 e. The van der Waals surface area contributed by atoms with Crippen molar-refractivity contribution in [1.29, 1.82) is 0 Å². The van der Waals surface area contributed by atoms with Gasteiger partial charge in [0.05, 0.1) is 10.5 Å². The molecule has 1 aromatic rings. The van der Waals surface area contributed by atoms with Crippen LogP contribution >= 0.6 is 0 Å². The lowest BCUT2D eigenvalue weighted by atomic mass is 9.87. The second-order valence-corrected chi connectivity index (χ2v) is 8.99. The number of nitro groups is 1. The van der Waals surface area contributed by atoms with Crippen molar-refractivity contribution in [3.8, 4) is 0 Å². The number of hydrogen-bond donors (Lipinski definition) is 2. The van der Waals surface area contributed by atoms with E-state index in [1.165, 1.54) is 18.9 Å². The molecule has 8 nitrogen and oxygen atoms in total. The first-order valence-corrected chi connectivity index (χ1v) is 10.9. The van der Waals surface area contributed by atoms with Gasteiger partial charge in [0.2, 0.25) is 5.82 Å². The lowest BCUT2D eigenvalue weighted by Gasteiger charge is -2.29. The average Bonchev–Trinajstić information content (AvgIpc) is 3.61. The Morgan fingerprint density at radius 3 is 2.45 bits per heavy atom. The van der Waals surface area contributed by atoms with E-state index in [1.54, 1.807) is 7.05 Å². The van der Waals surface area contributed by atoms with Crippen LogP contribution in [0.3, 0.4) is 0 Å². The summed E-state index contributed by atoms with van der Waals surface area (Å²) >= 11 is 0. The Hall–Kier alpha value is -2.38. The Labute approximate surface area is 171 Å². The molecule has 3 aliphatic carbocycles. The number of carbonyl (C=O) groups is 1. The third-order valence-electron chi connectivity index (χ3n) is 6.42. The molecule has 0 atom stereocenters. The monoisotopic (exact) mass is 401 g/mol. The van der Waals surface area contributed by atoms with Crippen molar-refractivity contribution in [3.05, 3.63) is 21.7 Å². The molecule has 8 heteroatoms. The quantitative estimate of drug-likeness (QED) is 0.509. The molecule has 2 N–H and O–H groups in total. The summed E-state index contributed by atoms with van der Waals surface area (Å²) in [5, 5.41) is 17.6. The molecule has 1 aromatic heterocycles. The highest BCUT2D eigenvalue weighted by Gasteiger charge is 2.38. The van der Waals surface area contributed by atoms with Crippen LogP contribution in [0, 0.1) is 22.0 Å². The van der Waals surface area contributed by atoms with E-state index < -0.39 is 4.92 Å². The molecule has 3 saturated carbocycles. The normalized spacial score (nSPS) is 24.1. The van der Waals surface area contributed by atoms with Crippen LogP contribution in [0.1, 0.15) is 68.6 Å². The zero-order valence-corrected chi connectivity index (χ0v) is 17.3. The minimum Gasteiger partial charge on any atom is -0.367 e. The first-order valence-electron chi connectivity index (χ1n) is 10.9. The highest BCUT2D eigenvalue weighted by Crippen LogP contribution is 2.40. The van der Waals surface area contributed by atoms with Crippen molar-refractivity contribution in [2.45, 2.75) is 70.4 Å². The molecule has 158 valence electrons. The summed E-state index contributed by atoms with van der Waals surface area (Å²) in [6.45, 7) is 3.12. The lowest BCUT2D eigenvalue weighted by molar-refractivity contribution is -0.384. The maximum atomic E-state index is 13.2. The van der Waals surface area contributed by atoms with Gasteiger partial charge in [-0.1, -0.05) is 6.92 Å². The highest BCUT2D eigenvalue weighted by atomic mass is 16.6. The Balaban J connectivity index is 1.66. The zero-order valence-electron chi connectivity index (χ0n) is 17.3. The van der Waals surface area contributed by atoms with Gasteiger partial charge < -0.3 is 15.5 Å². The van der Waals surface area contributed by atoms with Crippen LogP contribution in [-0.4, -0.2) is 41.5 Å². The minimum atomic E-state index is -0.468. The van der Waals surface area contributed by atoms with E-state index in [9.17, 15) is 14.9 Å². The fraction of sp³-hybridized carbons (Fsp3) is 0.714. The van der Waals surface area contributed by atoms with Crippen molar-refractivity contribution < 1.29 is 9.72 Å². The van der Waals surface area contributed by atoms with E-state index in [0.717, 1.165) is 45.1 Å². The molecule has 0 unspecified atom stereocenters. The Morgan fingerprint density at radius 1 is 1.21 bits per heavy atom. The van der Waals surface area contributed by atoms with Crippen LogP contribution in [0.2, 0.25) is 0 Å².